The van der Waals surface area contributed by atoms with Crippen LogP contribution in [0.15, 0.2) is 12.2 Å². The first-order chi connectivity index (χ1) is 5.58. The zero-order valence-electron chi connectivity index (χ0n) is 8.76. The fourth-order valence-corrected chi connectivity index (χ4v) is 0.346. The van der Waals surface area contributed by atoms with Gasteiger partial charge in [-0.1, -0.05) is 19.1 Å². The van der Waals surface area contributed by atoms with Gasteiger partial charge in [0.05, 0.1) is 6.10 Å². The molecule has 2 nitrogen and oxygen atoms in total. The number of carbonyl (C=O) groups is 1. The molecule has 0 saturated carbocycles. The fraction of sp³-hybridized carbons (Fsp3) is 0.700. The van der Waals surface area contributed by atoms with Crippen LogP contribution < -0.4 is 0 Å². The molecule has 0 aromatic rings. The Morgan fingerprint density at radius 2 is 1.75 bits per heavy atom. The Hall–Kier alpha value is -0.790. The second-order valence-corrected chi connectivity index (χ2v) is 2.56. The maximum absolute atomic E-state index is 10.4. The van der Waals surface area contributed by atoms with Gasteiger partial charge in [0.15, 0.2) is 0 Å². The molecule has 0 rings (SSSR count). The average Bonchev–Trinajstić information content (AvgIpc) is 2.04. The number of carbonyl (C=O) groups excluding carboxylic acids is 1. The largest absolute Gasteiger partial charge is 0.463 e. The summed E-state index contributed by atoms with van der Waals surface area (Å²) in [6.07, 6.45) is 4.50. The average molecular weight is 172 g/mol. The van der Waals surface area contributed by atoms with E-state index >= 15 is 0 Å². The number of rotatable bonds is 2. The molecule has 0 radical (unpaired) electrons. The third kappa shape index (κ3) is 16.1. The first kappa shape index (κ1) is 13.8. The number of allylic oxidation sites excluding steroid dienone is 2. The molecule has 0 fully saturated rings. The monoisotopic (exact) mass is 172 g/mol. The number of esters is 1. The molecular weight excluding hydrogens is 152 g/mol. The highest BCUT2D eigenvalue weighted by Crippen LogP contribution is 1.90. The Balaban J connectivity index is 0. The number of hydrogen-bond donors (Lipinski definition) is 0. The van der Waals surface area contributed by atoms with Crippen molar-refractivity contribution in [3.63, 3.8) is 0 Å². The SMILES string of the molecule is CC=CC.CCC(=O)OC(C)C. The molecular formula is C10H20O2. The Kier molecular flexibility index (Phi) is 11.7. The summed E-state index contributed by atoms with van der Waals surface area (Å²) >= 11 is 0. The molecule has 2 heteroatoms. The van der Waals surface area contributed by atoms with E-state index in [9.17, 15) is 4.79 Å². The van der Waals surface area contributed by atoms with Crippen molar-refractivity contribution in [3.8, 4) is 0 Å². The van der Waals surface area contributed by atoms with Crippen molar-refractivity contribution in [2.75, 3.05) is 0 Å². The van der Waals surface area contributed by atoms with Crippen LogP contribution in [0, 0.1) is 0 Å². The number of ether oxygens (including phenoxy) is 1. The standard InChI is InChI=1S/C6H12O2.C4H8/c1-4-6(7)8-5(2)3;1-3-4-2/h5H,4H2,1-3H3;3-4H,1-2H3. The van der Waals surface area contributed by atoms with Crippen molar-refractivity contribution < 1.29 is 9.53 Å². The van der Waals surface area contributed by atoms with E-state index in [1.54, 1.807) is 6.92 Å². The lowest BCUT2D eigenvalue weighted by molar-refractivity contribution is -0.146. The minimum Gasteiger partial charge on any atom is -0.463 e. The highest BCUT2D eigenvalue weighted by atomic mass is 16.5. The predicted molar refractivity (Wildman–Crippen MR) is 52.0 cm³/mol. The van der Waals surface area contributed by atoms with E-state index < -0.39 is 0 Å². The summed E-state index contributed by atoms with van der Waals surface area (Å²) in [6, 6.07) is 0. The molecule has 0 aliphatic carbocycles. The van der Waals surface area contributed by atoms with Crippen molar-refractivity contribution in [3.05, 3.63) is 12.2 Å². The smallest absolute Gasteiger partial charge is 0.305 e. The topological polar surface area (TPSA) is 26.3 Å². The van der Waals surface area contributed by atoms with Gasteiger partial charge in [-0.3, -0.25) is 4.79 Å². The Morgan fingerprint density at radius 3 is 1.83 bits per heavy atom. The molecule has 0 unspecified atom stereocenters. The lowest BCUT2D eigenvalue weighted by atomic mass is 10.4. The molecule has 0 aliphatic rings. The molecule has 0 aliphatic heterocycles. The summed E-state index contributed by atoms with van der Waals surface area (Å²) in [4.78, 5) is 10.4. The van der Waals surface area contributed by atoms with Gasteiger partial charge >= 0.3 is 5.97 Å². The highest BCUT2D eigenvalue weighted by Gasteiger charge is 1.98. The zero-order chi connectivity index (χ0) is 9.98. The van der Waals surface area contributed by atoms with Gasteiger partial charge in [-0.25, -0.2) is 0 Å². The molecule has 0 amide bonds. The molecule has 0 aromatic heterocycles. The second kappa shape index (κ2) is 10.2. The van der Waals surface area contributed by atoms with Crippen LogP contribution in [-0.2, 0) is 9.53 Å². The molecule has 0 bridgehead atoms. The molecule has 0 heterocycles. The van der Waals surface area contributed by atoms with Crippen LogP contribution in [0.3, 0.4) is 0 Å². The molecule has 72 valence electrons. The van der Waals surface area contributed by atoms with E-state index in [1.807, 2.05) is 39.8 Å². The van der Waals surface area contributed by atoms with Crippen LogP contribution in [0.25, 0.3) is 0 Å². The summed E-state index contributed by atoms with van der Waals surface area (Å²) < 4.78 is 4.76. The third-order valence-corrected chi connectivity index (χ3v) is 0.989. The van der Waals surface area contributed by atoms with Gasteiger partial charge in [0, 0.05) is 6.42 Å². The van der Waals surface area contributed by atoms with E-state index in [0.29, 0.717) is 6.42 Å². The molecule has 0 aromatic carbocycles. The number of hydrogen-bond acceptors (Lipinski definition) is 2. The molecule has 0 spiro atoms. The van der Waals surface area contributed by atoms with E-state index in [4.69, 9.17) is 4.74 Å². The van der Waals surface area contributed by atoms with E-state index in [0.717, 1.165) is 0 Å². The van der Waals surface area contributed by atoms with Crippen LogP contribution >= 0.6 is 0 Å². The second-order valence-electron chi connectivity index (χ2n) is 2.56. The van der Waals surface area contributed by atoms with Crippen molar-refractivity contribution in [1.29, 1.82) is 0 Å². The summed E-state index contributed by atoms with van der Waals surface area (Å²) in [6.45, 7) is 9.46. The van der Waals surface area contributed by atoms with Crippen LogP contribution in [0.1, 0.15) is 41.0 Å². The Bertz CT molecular complexity index is 122. The first-order valence-electron chi connectivity index (χ1n) is 4.35. The van der Waals surface area contributed by atoms with Crippen LogP contribution in [0.2, 0.25) is 0 Å². The van der Waals surface area contributed by atoms with Gasteiger partial charge in [0.2, 0.25) is 0 Å². The van der Waals surface area contributed by atoms with Crippen molar-refractivity contribution in [2.24, 2.45) is 0 Å². The molecule has 0 N–H and O–H groups in total. The Labute approximate surface area is 75.6 Å². The molecule has 0 atom stereocenters. The third-order valence-electron chi connectivity index (χ3n) is 0.989. The summed E-state index contributed by atoms with van der Waals surface area (Å²) in [5.74, 6) is -0.125. The highest BCUT2D eigenvalue weighted by molar-refractivity contribution is 5.68. The predicted octanol–water partition coefficient (Wildman–Crippen LogP) is 2.93. The summed E-state index contributed by atoms with van der Waals surface area (Å²) in [5.41, 5.74) is 0. The quantitative estimate of drug-likeness (QED) is 0.473. The van der Waals surface area contributed by atoms with Gasteiger partial charge in [0.25, 0.3) is 0 Å². The normalized spacial score (nSPS) is 9.50. The first-order valence-corrected chi connectivity index (χ1v) is 4.35. The Morgan fingerprint density at radius 1 is 1.33 bits per heavy atom. The van der Waals surface area contributed by atoms with Gasteiger partial charge in [-0.15, -0.1) is 0 Å². The van der Waals surface area contributed by atoms with Gasteiger partial charge in [0.1, 0.15) is 0 Å². The lowest BCUT2D eigenvalue weighted by Crippen LogP contribution is -2.09. The summed E-state index contributed by atoms with van der Waals surface area (Å²) in [7, 11) is 0. The van der Waals surface area contributed by atoms with Crippen LogP contribution in [0.4, 0.5) is 0 Å². The van der Waals surface area contributed by atoms with Crippen molar-refractivity contribution >= 4 is 5.97 Å². The van der Waals surface area contributed by atoms with Crippen molar-refractivity contribution in [2.45, 2.75) is 47.1 Å². The molecule has 0 saturated heterocycles. The van der Waals surface area contributed by atoms with Crippen molar-refractivity contribution in [1.82, 2.24) is 0 Å². The minimum absolute atomic E-state index is 0.0300. The zero-order valence-corrected chi connectivity index (χ0v) is 8.76. The minimum atomic E-state index is -0.125. The summed E-state index contributed by atoms with van der Waals surface area (Å²) in [5, 5.41) is 0. The molecule has 12 heavy (non-hydrogen) atoms. The maximum Gasteiger partial charge on any atom is 0.305 e. The van der Waals surface area contributed by atoms with E-state index in [1.165, 1.54) is 0 Å². The fourth-order valence-electron chi connectivity index (χ4n) is 0.346. The van der Waals surface area contributed by atoms with Crippen LogP contribution in [0.5, 0.6) is 0 Å². The van der Waals surface area contributed by atoms with Gasteiger partial charge < -0.3 is 4.74 Å². The van der Waals surface area contributed by atoms with E-state index in [-0.39, 0.29) is 12.1 Å². The van der Waals surface area contributed by atoms with Gasteiger partial charge in [-0.05, 0) is 27.7 Å². The lowest BCUT2D eigenvalue weighted by Gasteiger charge is -2.04. The van der Waals surface area contributed by atoms with E-state index in [2.05, 4.69) is 0 Å². The van der Waals surface area contributed by atoms with Crippen LogP contribution in [-0.4, -0.2) is 12.1 Å². The van der Waals surface area contributed by atoms with Gasteiger partial charge in [-0.2, -0.15) is 0 Å². The maximum atomic E-state index is 10.4.